The number of aliphatic hydroxyl groups is 10. The maximum Gasteiger partial charge on any atom is 0.303 e. The fourth-order valence-corrected chi connectivity index (χ4v) is 14.8. The van der Waals surface area contributed by atoms with Crippen LogP contribution in [0.15, 0.2) is 0 Å². The van der Waals surface area contributed by atoms with Crippen LogP contribution < -0.4 is 0 Å². The maximum atomic E-state index is 13.1. The van der Waals surface area contributed by atoms with Crippen molar-refractivity contribution in [2.45, 2.75) is 237 Å². The van der Waals surface area contributed by atoms with Crippen molar-refractivity contribution in [2.24, 2.45) is 58.2 Å². The number of hydrogen-bond donors (Lipinski definition) is 10. The lowest BCUT2D eigenvalue weighted by atomic mass is 9.44. The number of rotatable bonds is 14. The number of esters is 1. The summed E-state index contributed by atoms with van der Waals surface area (Å²) in [6, 6.07) is 0. The standard InChI is InChI=1S/C49H84O18/c1-10-27(20(2)3)30(52)17-21(4)32-42(63-24(7)51)43(66-45-40(59)37(56)34(53)22(5)61-45)33-28-12-11-25-18-26(13-15-48(25,8)29(28)14-16-49(32,33)9)64-47-44(39(58)36(55)31(19-50)65-47)67-46-41(60)38(57)35(54)23(6)62-46/h20-23,25-47,50,52-60H,10-19H2,1-9H3/t21-,22-,23+,25+,26+,27?,28-,29+,30?,31-,32+,33-,34-,35+,36-,37+,38-,39+,40+,41-,42-,43+,44-,45-,46+,47-,48+,49-/m1/s1. The van der Waals surface area contributed by atoms with Gasteiger partial charge in [-0.15, -0.1) is 0 Å². The Morgan fingerprint density at radius 2 is 1.27 bits per heavy atom. The van der Waals surface area contributed by atoms with Crippen molar-refractivity contribution < 1.29 is 89.0 Å². The molecule has 0 bridgehead atoms. The molecule has 388 valence electrons. The molecule has 0 aromatic heterocycles. The van der Waals surface area contributed by atoms with E-state index in [1.165, 1.54) is 13.8 Å². The molecule has 10 N–H and O–H groups in total. The van der Waals surface area contributed by atoms with E-state index in [-0.39, 0.29) is 58.9 Å². The molecule has 7 rings (SSSR count). The molecule has 0 spiro atoms. The molecule has 4 aliphatic carbocycles. The molecule has 67 heavy (non-hydrogen) atoms. The first-order chi connectivity index (χ1) is 31.5. The summed E-state index contributed by atoms with van der Waals surface area (Å²) >= 11 is 0. The highest BCUT2D eigenvalue weighted by Gasteiger charge is 2.69. The van der Waals surface area contributed by atoms with Crippen molar-refractivity contribution in [3.05, 3.63) is 0 Å². The molecule has 7 fully saturated rings. The minimum absolute atomic E-state index is 0.0828. The highest BCUT2D eigenvalue weighted by molar-refractivity contribution is 5.66. The van der Waals surface area contributed by atoms with Crippen LogP contribution in [0.2, 0.25) is 0 Å². The molecule has 18 heteroatoms. The van der Waals surface area contributed by atoms with Crippen LogP contribution in [0.5, 0.6) is 0 Å². The van der Waals surface area contributed by atoms with Crippen molar-refractivity contribution in [2.75, 3.05) is 6.61 Å². The molecule has 0 radical (unpaired) electrons. The third-order valence-corrected chi connectivity index (χ3v) is 18.4. The van der Waals surface area contributed by atoms with Gasteiger partial charge in [-0.2, -0.15) is 0 Å². The van der Waals surface area contributed by atoms with Gasteiger partial charge in [0.1, 0.15) is 73.2 Å². The van der Waals surface area contributed by atoms with Crippen LogP contribution in [0.4, 0.5) is 0 Å². The summed E-state index contributed by atoms with van der Waals surface area (Å²) in [5.41, 5.74) is -0.604. The predicted molar refractivity (Wildman–Crippen MR) is 237 cm³/mol. The summed E-state index contributed by atoms with van der Waals surface area (Å²) in [7, 11) is 0. The van der Waals surface area contributed by atoms with Gasteiger partial charge in [-0.1, -0.05) is 48.0 Å². The maximum absolute atomic E-state index is 13.1. The molecule has 4 saturated carbocycles. The molecule has 3 aliphatic heterocycles. The van der Waals surface area contributed by atoms with E-state index in [9.17, 15) is 55.9 Å². The van der Waals surface area contributed by atoms with Gasteiger partial charge >= 0.3 is 5.97 Å². The van der Waals surface area contributed by atoms with Gasteiger partial charge in [-0.25, -0.2) is 0 Å². The summed E-state index contributed by atoms with van der Waals surface area (Å²) in [6.07, 6.45) is -16.6. The fourth-order valence-electron chi connectivity index (χ4n) is 14.8. The van der Waals surface area contributed by atoms with Crippen molar-refractivity contribution in [3.8, 4) is 0 Å². The Hall–Kier alpha value is -1.17. The van der Waals surface area contributed by atoms with Crippen LogP contribution in [0.3, 0.4) is 0 Å². The first kappa shape index (κ1) is 53.6. The first-order valence-electron chi connectivity index (χ1n) is 25.3. The van der Waals surface area contributed by atoms with Crippen LogP contribution in [0, 0.1) is 58.2 Å². The summed E-state index contributed by atoms with van der Waals surface area (Å²) in [6.45, 7) is 17.0. The second-order valence-corrected chi connectivity index (χ2v) is 22.6. The zero-order chi connectivity index (χ0) is 49.2. The quantitative estimate of drug-likeness (QED) is 0.0863. The lowest BCUT2D eigenvalue weighted by Gasteiger charge is -2.61. The minimum Gasteiger partial charge on any atom is -0.459 e. The average molecular weight is 961 g/mol. The van der Waals surface area contributed by atoms with E-state index in [2.05, 4.69) is 41.5 Å². The van der Waals surface area contributed by atoms with Gasteiger partial charge in [-0.05, 0) is 117 Å². The highest BCUT2D eigenvalue weighted by Crippen LogP contribution is 2.69. The van der Waals surface area contributed by atoms with E-state index in [0.717, 1.165) is 38.5 Å². The van der Waals surface area contributed by atoms with Gasteiger partial charge in [0.25, 0.3) is 0 Å². The molecule has 28 atom stereocenters. The van der Waals surface area contributed by atoms with Crippen molar-refractivity contribution in [1.82, 2.24) is 0 Å². The van der Waals surface area contributed by atoms with Gasteiger partial charge in [-0.3, -0.25) is 4.79 Å². The van der Waals surface area contributed by atoms with E-state index in [4.69, 9.17) is 33.2 Å². The Balaban J connectivity index is 1.15. The smallest absolute Gasteiger partial charge is 0.303 e. The van der Waals surface area contributed by atoms with Gasteiger partial charge in [0.05, 0.1) is 31.0 Å². The van der Waals surface area contributed by atoms with Crippen molar-refractivity contribution in [3.63, 3.8) is 0 Å². The molecule has 2 unspecified atom stereocenters. The molecule has 0 aromatic rings. The topological polar surface area (TPSA) is 284 Å². The van der Waals surface area contributed by atoms with Crippen LogP contribution in [-0.4, -0.2) is 180 Å². The molecule has 3 heterocycles. The number of carbonyl (C=O) groups is 1. The van der Waals surface area contributed by atoms with Crippen LogP contribution in [-0.2, 0) is 38.0 Å². The Bertz CT molecular complexity index is 1640. The molecule has 0 amide bonds. The molecular formula is C49H84O18. The number of fused-ring (bicyclic) bond motifs is 5. The van der Waals surface area contributed by atoms with Crippen molar-refractivity contribution in [1.29, 1.82) is 0 Å². The first-order valence-corrected chi connectivity index (χ1v) is 25.3. The van der Waals surface area contributed by atoms with E-state index >= 15 is 0 Å². The zero-order valence-corrected chi connectivity index (χ0v) is 40.9. The summed E-state index contributed by atoms with van der Waals surface area (Å²) in [5, 5.41) is 108. The Kier molecular flexibility index (Phi) is 16.9. The highest BCUT2D eigenvalue weighted by atomic mass is 16.8. The average Bonchev–Trinajstić information content (AvgIpc) is 3.51. The second-order valence-electron chi connectivity index (χ2n) is 22.6. The van der Waals surface area contributed by atoms with E-state index in [1.807, 2.05) is 0 Å². The van der Waals surface area contributed by atoms with E-state index < -0.39 is 128 Å². The fraction of sp³-hybridized carbons (Fsp3) is 0.980. The monoisotopic (exact) mass is 961 g/mol. The molecular weight excluding hydrogens is 877 g/mol. The van der Waals surface area contributed by atoms with E-state index in [1.54, 1.807) is 6.92 Å². The lowest BCUT2D eigenvalue weighted by molar-refractivity contribution is -0.371. The predicted octanol–water partition coefficient (Wildman–Crippen LogP) is 1.12. The normalized spacial score (nSPS) is 51.6. The third kappa shape index (κ3) is 10.0. The third-order valence-electron chi connectivity index (χ3n) is 18.4. The van der Waals surface area contributed by atoms with Crippen molar-refractivity contribution >= 4 is 5.97 Å². The second kappa shape index (κ2) is 21.1. The summed E-state index contributed by atoms with van der Waals surface area (Å²) in [4.78, 5) is 13.1. The van der Waals surface area contributed by atoms with Gasteiger partial charge < -0.3 is 84.2 Å². The SMILES string of the molecule is CCC(C(C)C)C(O)C[C@@H](C)[C@H]1[C@@H](OC(C)=O)[C@@H](O[C@H]2O[C@H](C)[C@@H](O)[C@H](O)[C@@H]2O)[C@H]2[C@@H]3CC[C@H]4C[C@@H](O[C@@H]5O[C@H](CO)[C@@H](O)[C@H](O)[C@H]5O[C@@H]5O[C@@H](C)[C@H](O)[C@@H](O)[C@H]5O)CC[C@]4(C)[C@H]3CC[C@@]21C. The molecule has 0 aromatic carbocycles. The van der Waals surface area contributed by atoms with Crippen LogP contribution in [0.1, 0.15) is 120 Å². The summed E-state index contributed by atoms with van der Waals surface area (Å²) in [5.74, 6) is -0.143. The molecule has 7 aliphatic rings. The Morgan fingerprint density at radius 3 is 1.82 bits per heavy atom. The number of hydrogen-bond acceptors (Lipinski definition) is 18. The molecule has 18 nitrogen and oxygen atoms in total. The van der Waals surface area contributed by atoms with Gasteiger partial charge in [0, 0.05) is 12.8 Å². The van der Waals surface area contributed by atoms with Crippen LogP contribution in [0.25, 0.3) is 0 Å². The number of ether oxygens (including phenoxy) is 7. The Morgan fingerprint density at radius 1 is 0.687 bits per heavy atom. The van der Waals surface area contributed by atoms with Gasteiger partial charge in [0.15, 0.2) is 18.9 Å². The lowest BCUT2D eigenvalue weighted by Crippen LogP contribution is -2.64. The number of aliphatic hydroxyl groups excluding tert-OH is 10. The zero-order valence-electron chi connectivity index (χ0n) is 40.9. The minimum atomic E-state index is -1.68. The number of carbonyl (C=O) groups excluding carboxylic acids is 1. The largest absolute Gasteiger partial charge is 0.459 e. The van der Waals surface area contributed by atoms with E-state index in [0.29, 0.717) is 19.3 Å². The Labute approximate surface area is 395 Å². The van der Waals surface area contributed by atoms with Gasteiger partial charge in [0.2, 0.25) is 0 Å². The van der Waals surface area contributed by atoms with Crippen LogP contribution >= 0.6 is 0 Å². The molecule has 3 saturated heterocycles. The summed E-state index contributed by atoms with van der Waals surface area (Å²) < 4.78 is 43.7.